The lowest BCUT2D eigenvalue weighted by Gasteiger charge is -2.21. The molecule has 0 spiro atoms. The van der Waals surface area contributed by atoms with E-state index in [9.17, 15) is 14.7 Å². The third kappa shape index (κ3) is 5.38. The number of amides is 2. The van der Waals surface area contributed by atoms with Crippen LogP contribution in [0.2, 0.25) is 0 Å². The van der Waals surface area contributed by atoms with E-state index in [-0.39, 0.29) is 35.8 Å². The number of anilines is 1. The average Bonchev–Trinajstić information content (AvgIpc) is 3.28. The van der Waals surface area contributed by atoms with Crippen LogP contribution in [0.4, 0.5) is 11.6 Å². The number of hydrogen-bond donors (Lipinski definition) is 1. The van der Waals surface area contributed by atoms with Gasteiger partial charge in [0.15, 0.2) is 12.2 Å². The highest BCUT2D eigenvalue weighted by Gasteiger charge is 2.43. The Morgan fingerprint density at radius 2 is 1.94 bits per heavy atom. The van der Waals surface area contributed by atoms with Crippen molar-refractivity contribution in [1.29, 1.82) is 0 Å². The number of nitrogens with zero attached hydrogens (tertiary/aromatic N) is 5. The van der Waals surface area contributed by atoms with Gasteiger partial charge in [0.05, 0.1) is 6.42 Å². The Morgan fingerprint density at radius 3 is 2.63 bits per heavy atom. The van der Waals surface area contributed by atoms with E-state index >= 15 is 0 Å². The summed E-state index contributed by atoms with van der Waals surface area (Å²) in [6.45, 7) is 0.0616. The number of carbonyl (C=O) groups excluding carboxylic acids is 2. The molecule has 10 nitrogen and oxygen atoms in total. The summed E-state index contributed by atoms with van der Waals surface area (Å²) in [4.78, 5) is 32.6. The van der Waals surface area contributed by atoms with E-state index in [1.54, 1.807) is 73.6 Å². The lowest BCUT2D eigenvalue weighted by molar-refractivity contribution is -0.746. The Morgan fingerprint density at radius 1 is 1.26 bits per heavy atom. The van der Waals surface area contributed by atoms with Crippen LogP contribution in [-0.2, 0) is 23.2 Å². The number of halogens is 1. The summed E-state index contributed by atoms with van der Waals surface area (Å²) >= 11 is 8.83. The fourth-order valence-corrected chi connectivity index (χ4v) is 4.11. The lowest BCUT2D eigenvalue weighted by Crippen LogP contribution is -2.42. The summed E-state index contributed by atoms with van der Waals surface area (Å²) in [5.74, 6) is -1.14. The maximum atomic E-state index is 12.9. The molecule has 1 unspecified atom stereocenters. The molecule has 1 saturated heterocycles. The zero-order chi connectivity index (χ0) is 25.1. The summed E-state index contributed by atoms with van der Waals surface area (Å²) in [6.07, 6.45) is -0.121. The van der Waals surface area contributed by atoms with Gasteiger partial charge in [0.2, 0.25) is 11.2 Å². The second-order valence-electron chi connectivity index (χ2n) is 7.81. The first-order chi connectivity index (χ1) is 16.7. The van der Waals surface area contributed by atoms with E-state index in [0.717, 1.165) is 4.47 Å². The summed E-state index contributed by atoms with van der Waals surface area (Å²) in [5.41, 5.74) is 1.43. The first-order valence-electron chi connectivity index (χ1n) is 10.5. The fraction of sp³-hybridized carbons (Fsp3) is 0.217. The van der Waals surface area contributed by atoms with Crippen LogP contribution >= 0.6 is 28.1 Å². The molecule has 0 saturated carbocycles. The van der Waals surface area contributed by atoms with E-state index in [1.807, 2.05) is 0 Å². The van der Waals surface area contributed by atoms with Crippen molar-refractivity contribution < 1.29 is 23.9 Å². The Labute approximate surface area is 214 Å². The predicted molar refractivity (Wildman–Crippen MR) is 132 cm³/mol. The van der Waals surface area contributed by atoms with E-state index in [2.05, 4.69) is 31.5 Å². The first kappa shape index (κ1) is 24.5. The van der Waals surface area contributed by atoms with Crippen molar-refractivity contribution in [3.8, 4) is 0 Å². The van der Waals surface area contributed by atoms with Gasteiger partial charge in [0.1, 0.15) is 12.6 Å². The highest BCUT2D eigenvalue weighted by Crippen LogP contribution is 2.25. The molecule has 180 valence electrons. The summed E-state index contributed by atoms with van der Waals surface area (Å²) < 4.78 is 7.57. The van der Waals surface area contributed by atoms with Crippen LogP contribution in [0, 0.1) is 0 Å². The molecule has 1 fully saturated rings. The van der Waals surface area contributed by atoms with Crippen molar-refractivity contribution in [2.24, 2.45) is 12.0 Å². The molecule has 3 aromatic rings. The largest absolute Gasteiger partial charge is 0.858 e. The van der Waals surface area contributed by atoms with Gasteiger partial charge in [-0.25, -0.2) is 4.99 Å². The van der Waals surface area contributed by atoms with Gasteiger partial charge < -0.3 is 15.3 Å². The SMILES string of the molecule is CN1C(=O)C(CC(=O)Nc2ccc(Br)cc2)N(Cc2c(/N=C(\[O-])c3ccccc3)on[n+]2C)C1=S. The molecular weight excluding hydrogens is 536 g/mol. The van der Waals surface area contributed by atoms with Gasteiger partial charge in [0, 0.05) is 17.2 Å². The number of carbonyl (C=O) groups is 2. The number of nitrogens with one attached hydrogen (secondary N) is 1. The van der Waals surface area contributed by atoms with Crippen molar-refractivity contribution in [2.45, 2.75) is 19.0 Å². The number of benzene rings is 2. The van der Waals surface area contributed by atoms with Crippen molar-refractivity contribution in [3.63, 3.8) is 0 Å². The molecular formula is C23H21BrN6O4S. The third-order valence-corrected chi connectivity index (χ3v) is 6.50. The van der Waals surface area contributed by atoms with E-state index < -0.39 is 11.9 Å². The van der Waals surface area contributed by atoms with Gasteiger partial charge in [-0.15, -0.1) is 0 Å². The zero-order valence-electron chi connectivity index (χ0n) is 18.8. The molecule has 12 heteroatoms. The van der Waals surface area contributed by atoms with Gasteiger partial charge in [-0.05, 0) is 52.6 Å². The normalized spacial score (nSPS) is 16.2. The quantitative estimate of drug-likeness (QED) is 0.203. The molecule has 2 amide bonds. The molecule has 4 rings (SSSR count). The van der Waals surface area contributed by atoms with Crippen LogP contribution in [0.5, 0.6) is 0 Å². The van der Waals surface area contributed by atoms with Gasteiger partial charge in [-0.2, -0.15) is 0 Å². The van der Waals surface area contributed by atoms with Crippen LogP contribution in [0.1, 0.15) is 17.7 Å². The first-order valence-corrected chi connectivity index (χ1v) is 11.7. The molecule has 35 heavy (non-hydrogen) atoms. The lowest BCUT2D eigenvalue weighted by atomic mass is 10.1. The van der Waals surface area contributed by atoms with Gasteiger partial charge in [-0.1, -0.05) is 46.3 Å². The van der Waals surface area contributed by atoms with Gasteiger partial charge >= 0.3 is 5.88 Å². The second-order valence-corrected chi connectivity index (χ2v) is 9.09. The van der Waals surface area contributed by atoms with Crippen LogP contribution in [0.15, 0.2) is 68.6 Å². The van der Waals surface area contributed by atoms with Crippen LogP contribution < -0.4 is 15.1 Å². The zero-order valence-corrected chi connectivity index (χ0v) is 21.2. The Kier molecular flexibility index (Phi) is 7.22. The van der Waals surface area contributed by atoms with Crippen LogP contribution in [-0.4, -0.2) is 51.0 Å². The van der Waals surface area contributed by atoms with Crippen molar-refractivity contribution in [3.05, 3.63) is 70.3 Å². The highest BCUT2D eigenvalue weighted by molar-refractivity contribution is 9.10. The Hall–Kier alpha value is -3.64. The maximum absolute atomic E-state index is 12.9. The molecule has 2 aromatic carbocycles. The maximum Gasteiger partial charge on any atom is 0.325 e. The minimum atomic E-state index is -0.837. The summed E-state index contributed by atoms with van der Waals surface area (Å²) in [6, 6.07) is 14.8. The molecule has 1 atom stereocenters. The van der Waals surface area contributed by atoms with Crippen molar-refractivity contribution in [2.75, 3.05) is 12.4 Å². The number of likely N-dealkylation sites (N-methyl/N-ethyl adjacent to an activating group) is 1. The minimum Gasteiger partial charge on any atom is -0.858 e. The molecule has 0 radical (unpaired) electrons. The van der Waals surface area contributed by atoms with E-state index in [4.69, 9.17) is 16.7 Å². The number of aliphatic imine (C=N–C) groups is 1. The van der Waals surface area contributed by atoms with E-state index in [0.29, 0.717) is 16.9 Å². The molecule has 1 aliphatic heterocycles. The number of rotatable bonds is 7. The number of aromatic nitrogens is 2. The third-order valence-electron chi connectivity index (χ3n) is 5.46. The molecule has 1 aromatic heterocycles. The number of aryl methyl sites for hydroxylation is 1. The predicted octanol–water partition coefficient (Wildman–Crippen LogP) is 1.66. The smallest absolute Gasteiger partial charge is 0.325 e. The van der Waals surface area contributed by atoms with Gasteiger partial charge in [0.25, 0.3) is 11.6 Å². The number of hydrogen-bond acceptors (Lipinski definition) is 7. The Balaban J connectivity index is 1.56. The number of thiocarbonyl (C=S) groups is 1. The second kappa shape index (κ2) is 10.3. The minimum absolute atomic E-state index is 0.00391. The van der Waals surface area contributed by atoms with Gasteiger partial charge in [-0.3, -0.25) is 19.0 Å². The molecule has 2 heterocycles. The van der Waals surface area contributed by atoms with Crippen molar-refractivity contribution >= 4 is 62.5 Å². The Bertz CT molecular complexity index is 1300. The molecule has 1 aliphatic rings. The monoisotopic (exact) mass is 556 g/mol. The standard InChI is InChI=1S/C23H21BrN6O4S/c1-28-22(33)17(12-19(31)25-16-10-8-15(24)9-11-16)30(23(28)35)13-18-21(34-27-29(18)2)26-20(32)14-6-4-3-5-7-14/h3-11,17H,12-13H2,1-2H3,(H-,25,26,27,31,32). The average molecular weight is 557 g/mol. The van der Waals surface area contributed by atoms with Crippen LogP contribution in [0.25, 0.3) is 0 Å². The van der Waals surface area contributed by atoms with Crippen molar-refractivity contribution in [1.82, 2.24) is 15.1 Å². The molecule has 0 bridgehead atoms. The molecule has 0 aliphatic carbocycles. The molecule has 1 N–H and O–H groups in total. The highest BCUT2D eigenvalue weighted by atomic mass is 79.9. The summed E-state index contributed by atoms with van der Waals surface area (Å²) in [5, 5.41) is 19.5. The topological polar surface area (TPSA) is 118 Å². The van der Waals surface area contributed by atoms with Crippen LogP contribution in [0.3, 0.4) is 0 Å². The van der Waals surface area contributed by atoms with E-state index in [1.165, 1.54) is 9.58 Å². The summed E-state index contributed by atoms with van der Waals surface area (Å²) in [7, 11) is 3.19. The fourth-order valence-electron chi connectivity index (χ4n) is 3.57.